The molecule has 0 spiro atoms. The van der Waals surface area contributed by atoms with Crippen LogP contribution in [0.1, 0.15) is 12.5 Å². The SMILES string of the molecule is CCOc1cc(CNc2nn[nH]n2)ccc1Oc1nnnn1-c1ccccc1. The van der Waals surface area contributed by atoms with Crippen molar-refractivity contribution in [3.8, 4) is 23.2 Å². The lowest BCUT2D eigenvalue weighted by atomic mass is 10.2. The number of aromatic nitrogens is 8. The Morgan fingerprint density at radius 1 is 1.07 bits per heavy atom. The van der Waals surface area contributed by atoms with E-state index in [-0.39, 0.29) is 6.01 Å². The van der Waals surface area contributed by atoms with Gasteiger partial charge in [-0.2, -0.15) is 9.90 Å². The first kappa shape index (κ1) is 17.4. The third-order valence-corrected chi connectivity index (χ3v) is 3.75. The van der Waals surface area contributed by atoms with Crippen molar-refractivity contribution in [2.75, 3.05) is 11.9 Å². The minimum absolute atomic E-state index is 0.241. The Morgan fingerprint density at radius 3 is 2.75 bits per heavy atom. The van der Waals surface area contributed by atoms with Crippen LogP contribution in [-0.4, -0.2) is 47.4 Å². The van der Waals surface area contributed by atoms with Crippen molar-refractivity contribution < 1.29 is 9.47 Å². The van der Waals surface area contributed by atoms with Crippen LogP contribution in [0.4, 0.5) is 5.95 Å². The van der Waals surface area contributed by atoms with Crippen LogP contribution in [0, 0.1) is 0 Å². The summed E-state index contributed by atoms with van der Waals surface area (Å²) in [6, 6.07) is 15.3. The van der Waals surface area contributed by atoms with Gasteiger partial charge in [0.1, 0.15) is 0 Å². The maximum Gasteiger partial charge on any atom is 0.346 e. The lowest BCUT2D eigenvalue weighted by Gasteiger charge is -2.13. The Balaban J connectivity index is 1.55. The standard InChI is InChI=1S/C17H17N9O2/c1-2-27-15-10-12(11-18-16-19-22-23-20-16)8-9-14(15)28-17-21-24-25-26(17)13-6-4-3-5-7-13/h3-10H,2,11H2,1H3,(H2,18,19,20,22,23). The summed E-state index contributed by atoms with van der Waals surface area (Å²) in [7, 11) is 0. The summed E-state index contributed by atoms with van der Waals surface area (Å²) in [5.41, 5.74) is 1.75. The molecule has 0 amide bonds. The second-order valence-corrected chi connectivity index (χ2v) is 5.61. The largest absolute Gasteiger partial charge is 0.490 e. The fraction of sp³-hybridized carbons (Fsp3) is 0.176. The highest BCUT2D eigenvalue weighted by Gasteiger charge is 2.14. The van der Waals surface area contributed by atoms with Gasteiger partial charge in [-0.15, -0.1) is 5.10 Å². The normalized spacial score (nSPS) is 10.6. The van der Waals surface area contributed by atoms with E-state index < -0.39 is 0 Å². The molecule has 0 bridgehead atoms. The van der Waals surface area contributed by atoms with Crippen LogP contribution < -0.4 is 14.8 Å². The van der Waals surface area contributed by atoms with Crippen molar-refractivity contribution >= 4 is 5.95 Å². The number of anilines is 1. The number of aromatic amines is 1. The van der Waals surface area contributed by atoms with Gasteiger partial charge in [0.2, 0.25) is 0 Å². The van der Waals surface area contributed by atoms with Crippen molar-refractivity contribution in [1.82, 2.24) is 40.8 Å². The summed E-state index contributed by atoms with van der Waals surface area (Å²) in [5, 5.41) is 28.3. The molecule has 0 fully saturated rings. The maximum absolute atomic E-state index is 5.93. The quantitative estimate of drug-likeness (QED) is 0.472. The van der Waals surface area contributed by atoms with Crippen LogP contribution in [0.25, 0.3) is 5.69 Å². The summed E-state index contributed by atoms with van der Waals surface area (Å²) in [4.78, 5) is 0. The first-order chi connectivity index (χ1) is 13.8. The van der Waals surface area contributed by atoms with Crippen LogP contribution in [-0.2, 0) is 6.54 Å². The average Bonchev–Trinajstić information content (AvgIpc) is 3.41. The Morgan fingerprint density at radius 2 is 1.96 bits per heavy atom. The first-order valence-electron chi connectivity index (χ1n) is 8.58. The van der Waals surface area contributed by atoms with E-state index in [2.05, 4.69) is 41.5 Å². The van der Waals surface area contributed by atoms with Crippen molar-refractivity contribution in [2.24, 2.45) is 0 Å². The number of para-hydroxylation sites is 1. The Kier molecular flexibility index (Phi) is 5.04. The van der Waals surface area contributed by atoms with Gasteiger partial charge in [0.25, 0.3) is 5.95 Å². The molecular weight excluding hydrogens is 362 g/mol. The zero-order valence-corrected chi connectivity index (χ0v) is 15.0. The minimum atomic E-state index is 0.241. The molecule has 2 heterocycles. The number of nitrogens with zero attached hydrogens (tertiary/aromatic N) is 7. The minimum Gasteiger partial charge on any atom is -0.490 e. The average molecular weight is 379 g/mol. The van der Waals surface area contributed by atoms with Gasteiger partial charge in [-0.25, -0.2) is 0 Å². The number of benzene rings is 2. The van der Waals surface area contributed by atoms with E-state index in [0.717, 1.165) is 11.3 Å². The number of tetrazole rings is 2. The van der Waals surface area contributed by atoms with Gasteiger partial charge in [0, 0.05) is 6.54 Å². The van der Waals surface area contributed by atoms with E-state index in [4.69, 9.17) is 9.47 Å². The van der Waals surface area contributed by atoms with Crippen LogP contribution in [0.3, 0.4) is 0 Å². The molecule has 0 unspecified atom stereocenters. The summed E-state index contributed by atoms with van der Waals surface area (Å²) < 4.78 is 13.2. The first-order valence-corrected chi connectivity index (χ1v) is 8.58. The second kappa shape index (κ2) is 8.12. The van der Waals surface area contributed by atoms with E-state index in [1.807, 2.05) is 55.5 Å². The van der Waals surface area contributed by atoms with Crippen LogP contribution >= 0.6 is 0 Å². The van der Waals surface area contributed by atoms with Gasteiger partial charge in [-0.1, -0.05) is 34.5 Å². The Labute approximate surface area is 159 Å². The Bertz CT molecular complexity index is 1020. The molecule has 28 heavy (non-hydrogen) atoms. The molecule has 0 aliphatic heterocycles. The summed E-state index contributed by atoms with van der Waals surface area (Å²) in [6.45, 7) is 2.89. The molecule has 0 atom stereocenters. The highest BCUT2D eigenvalue weighted by Crippen LogP contribution is 2.32. The molecule has 2 aromatic heterocycles. The van der Waals surface area contributed by atoms with Gasteiger partial charge in [-0.3, -0.25) is 0 Å². The monoisotopic (exact) mass is 379 g/mol. The number of hydrogen-bond acceptors (Lipinski definition) is 9. The molecular formula is C17H17N9O2. The molecule has 4 aromatic rings. The Hall–Kier alpha value is -4.02. The molecule has 0 saturated carbocycles. The zero-order chi connectivity index (χ0) is 19.2. The fourth-order valence-electron chi connectivity index (χ4n) is 2.51. The van der Waals surface area contributed by atoms with Gasteiger partial charge in [-0.05, 0) is 52.4 Å². The van der Waals surface area contributed by atoms with Crippen LogP contribution in [0.2, 0.25) is 0 Å². The fourth-order valence-corrected chi connectivity index (χ4v) is 2.51. The molecule has 142 valence electrons. The van der Waals surface area contributed by atoms with Crippen LogP contribution in [0.15, 0.2) is 48.5 Å². The second-order valence-electron chi connectivity index (χ2n) is 5.61. The lowest BCUT2D eigenvalue weighted by Crippen LogP contribution is -2.04. The highest BCUT2D eigenvalue weighted by molar-refractivity contribution is 5.45. The summed E-state index contributed by atoms with van der Waals surface area (Å²) in [5.74, 6) is 1.51. The molecule has 2 N–H and O–H groups in total. The van der Waals surface area contributed by atoms with Crippen molar-refractivity contribution in [2.45, 2.75) is 13.5 Å². The lowest BCUT2D eigenvalue weighted by molar-refractivity contribution is 0.315. The van der Waals surface area contributed by atoms with E-state index in [0.29, 0.717) is 30.6 Å². The smallest absolute Gasteiger partial charge is 0.346 e. The third-order valence-electron chi connectivity index (χ3n) is 3.75. The summed E-state index contributed by atoms with van der Waals surface area (Å²) >= 11 is 0. The molecule has 0 saturated heterocycles. The molecule has 0 radical (unpaired) electrons. The third kappa shape index (κ3) is 3.87. The number of nitrogens with one attached hydrogen (secondary N) is 2. The maximum atomic E-state index is 5.93. The molecule has 2 aromatic carbocycles. The molecule has 0 aliphatic carbocycles. The van der Waals surface area contributed by atoms with E-state index >= 15 is 0 Å². The predicted molar refractivity (Wildman–Crippen MR) is 98.3 cm³/mol. The van der Waals surface area contributed by atoms with Crippen molar-refractivity contribution in [1.29, 1.82) is 0 Å². The van der Waals surface area contributed by atoms with E-state index in [1.54, 1.807) is 0 Å². The van der Waals surface area contributed by atoms with Crippen molar-refractivity contribution in [3.05, 3.63) is 54.1 Å². The molecule has 4 rings (SSSR count). The molecule has 0 aliphatic rings. The van der Waals surface area contributed by atoms with Gasteiger partial charge >= 0.3 is 6.01 Å². The number of H-pyrrole nitrogens is 1. The molecule has 11 nitrogen and oxygen atoms in total. The number of rotatable bonds is 8. The van der Waals surface area contributed by atoms with Gasteiger partial charge in [0.05, 0.1) is 12.3 Å². The van der Waals surface area contributed by atoms with Gasteiger partial charge < -0.3 is 14.8 Å². The van der Waals surface area contributed by atoms with E-state index in [9.17, 15) is 0 Å². The van der Waals surface area contributed by atoms with Crippen LogP contribution in [0.5, 0.6) is 17.5 Å². The molecule has 11 heteroatoms. The van der Waals surface area contributed by atoms with Gasteiger partial charge in [0.15, 0.2) is 11.5 Å². The predicted octanol–water partition coefficient (Wildman–Crippen LogP) is 1.98. The topological polar surface area (TPSA) is 129 Å². The zero-order valence-electron chi connectivity index (χ0n) is 15.0. The summed E-state index contributed by atoms with van der Waals surface area (Å²) in [6.07, 6.45) is 0. The highest BCUT2D eigenvalue weighted by atomic mass is 16.5. The number of hydrogen-bond donors (Lipinski definition) is 2. The van der Waals surface area contributed by atoms with Crippen molar-refractivity contribution in [3.63, 3.8) is 0 Å². The number of ether oxygens (including phenoxy) is 2. The van der Waals surface area contributed by atoms with E-state index in [1.165, 1.54) is 4.68 Å².